The van der Waals surface area contributed by atoms with Gasteiger partial charge in [0.25, 0.3) is 0 Å². The SMILES string of the molecule is CC(=COC1OC(CO)C(O)C(OC2OC(C)C(O)C(O)C2O)C1OC1OC(C)C(O)C(O)C1O)CCC=C(C)CCCC(C)COC1OC(CO)C(O)C(OC2OC(C)C(O)C(O)C2O)C1OC1OC(C)C(O)C(O)C1O. The molecular formula is C50H86O28. The fourth-order valence-corrected chi connectivity index (χ4v) is 10.0. The summed E-state index contributed by atoms with van der Waals surface area (Å²) in [7, 11) is 0. The minimum atomic E-state index is -1.81. The average molecular weight is 1140 g/mol. The molecule has 6 heterocycles. The van der Waals surface area contributed by atoms with Crippen LogP contribution in [0.4, 0.5) is 0 Å². The Kier molecular flexibility index (Phi) is 24.4. The molecule has 6 saturated heterocycles. The van der Waals surface area contributed by atoms with Crippen molar-refractivity contribution < 1.29 is 139 Å². The monoisotopic (exact) mass is 1130 g/mol. The zero-order valence-electron chi connectivity index (χ0n) is 44.8. The minimum Gasteiger partial charge on any atom is -0.470 e. The number of hydrogen-bond acceptors (Lipinski definition) is 28. The molecule has 0 aromatic carbocycles. The van der Waals surface area contributed by atoms with Crippen LogP contribution >= 0.6 is 0 Å². The van der Waals surface area contributed by atoms with E-state index in [-0.39, 0.29) is 12.5 Å². The first-order valence-electron chi connectivity index (χ1n) is 26.7. The molecular weight excluding hydrogens is 1050 g/mol. The molecule has 6 aliphatic rings. The Morgan fingerprint density at radius 2 is 0.782 bits per heavy atom. The highest BCUT2D eigenvalue weighted by molar-refractivity contribution is 5.04. The van der Waals surface area contributed by atoms with Crippen LogP contribution in [0.1, 0.15) is 80.6 Å². The number of aliphatic hydroxyl groups excluding tert-OH is 16. The van der Waals surface area contributed by atoms with E-state index in [2.05, 4.69) is 0 Å². The van der Waals surface area contributed by atoms with Gasteiger partial charge in [0.05, 0.1) is 50.5 Å². The lowest BCUT2D eigenvalue weighted by Crippen LogP contribution is -2.66. The summed E-state index contributed by atoms with van der Waals surface area (Å²) in [4.78, 5) is 0. The summed E-state index contributed by atoms with van der Waals surface area (Å²) < 4.78 is 70.9. The van der Waals surface area contributed by atoms with Crippen LogP contribution in [-0.2, 0) is 56.8 Å². The van der Waals surface area contributed by atoms with E-state index in [1.54, 1.807) is 6.92 Å². The first kappa shape index (κ1) is 65.4. The highest BCUT2D eigenvalue weighted by atomic mass is 16.8. The first-order chi connectivity index (χ1) is 36.8. The smallest absolute Gasteiger partial charge is 0.228 e. The van der Waals surface area contributed by atoms with Crippen molar-refractivity contribution in [2.75, 3.05) is 19.8 Å². The van der Waals surface area contributed by atoms with E-state index in [4.69, 9.17) is 56.8 Å². The van der Waals surface area contributed by atoms with Gasteiger partial charge in [-0.25, -0.2) is 0 Å². The predicted octanol–water partition coefficient (Wildman–Crippen LogP) is -5.54. The Balaban J connectivity index is 1.06. The molecule has 31 atom stereocenters. The molecule has 6 fully saturated rings. The maximum atomic E-state index is 11.4. The second kappa shape index (κ2) is 29.1. The lowest BCUT2D eigenvalue weighted by Gasteiger charge is -2.48. The molecule has 28 heteroatoms. The van der Waals surface area contributed by atoms with Crippen molar-refractivity contribution in [3.8, 4) is 0 Å². The molecule has 0 aliphatic carbocycles. The Bertz CT molecular complexity index is 1870. The van der Waals surface area contributed by atoms with E-state index in [0.717, 1.165) is 5.57 Å². The van der Waals surface area contributed by atoms with Crippen molar-refractivity contribution in [1.82, 2.24) is 0 Å². The summed E-state index contributed by atoms with van der Waals surface area (Å²) in [6.07, 6.45) is -39.4. The number of rotatable bonds is 22. The molecule has 78 heavy (non-hydrogen) atoms. The van der Waals surface area contributed by atoms with E-state index in [0.29, 0.717) is 37.7 Å². The van der Waals surface area contributed by atoms with E-state index >= 15 is 0 Å². The lowest BCUT2D eigenvalue weighted by molar-refractivity contribution is -0.390. The lowest BCUT2D eigenvalue weighted by atomic mass is 9.96. The number of aliphatic hydroxyl groups is 16. The van der Waals surface area contributed by atoms with Gasteiger partial charge in [-0.15, -0.1) is 0 Å². The predicted molar refractivity (Wildman–Crippen MR) is 259 cm³/mol. The summed E-state index contributed by atoms with van der Waals surface area (Å²) in [5.74, 6) is -0.125. The van der Waals surface area contributed by atoms with Crippen LogP contribution in [0.25, 0.3) is 0 Å². The normalized spacial score (nSPS) is 48.4. The van der Waals surface area contributed by atoms with Gasteiger partial charge in [0.15, 0.2) is 37.6 Å². The minimum absolute atomic E-state index is 0.0390. The van der Waals surface area contributed by atoms with Crippen molar-refractivity contribution in [3.63, 3.8) is 0 Å². The van der Waals surface area contributed by atoms with Gasteiger partial charge in [0.1, 0.15) is 116 Å². The van der Waals surface area contributed by atoms with E-state index < -0.39 is 197 Å². The second-order valence-electron chi connectivity index (χ2n) is 21.6. The first-order valence-corrected chi connectivity index (χ1v) is 26.7. The van der Waals surface area contributed by atoms with Gasteiger partial charge in [-0.2, -0.15) is 0 Å². The van der Waals surface area contributed by atoms with Crippen molar-refractivity contribution >= 4 is 0 Å². The molecule has 0 aromatic rings. The molecule has 16 N–H and O–H groups in total. The molecule has 0 aromatic heterocycles. The number of hydrogen-bond donors (Lipinski definition) is 16. The molecule has 454 valence electrons. The van der Waals surface area contributed by atoms with Crippen LogP contribution in [0, 0.1) is 5.92 Å². The summed E-state index contributed by atoms with van der Waals surface area (Å²) in [5.41, 5.74) is 1.76. The van der Waals surface area contributed by atoms with Gasteiger partial charge in [0, 0.05) is 0 Å². The molecule has 31 unspecified atom stereocenters. The van der Waals surface area contributed by atoms with Gasteiger partial charge in [0.2, 0.25) is 6.29 Å². The van der Waals surface area contributed by atoms with Crippen LogP contribution in [-0.4, -0.2) is 286 Å². The topological polar surface area (TPSA) is 434 Å². The maximum Gasteiger partial charge on any atom is 0.228 e. The van der Waals surface area contributed by atoms with Crippen molar-refractivity contribution in [2.45, 2.75) is 265 Å². The zero-order valence-corrected chi connectivity index (χ0v) is 44.8. The Morgan fingerprint density at radius 3 is 1.17 bits per heavy atom. The summed E-state index contributed by atoms with van der Waals surface area (Å²) in [6.45, 7) is 9.93. The highest BCUT2D eigenvalue weighted by Gasteiger charge is 2.56. The standard InChI is InChI=1S/C50H86O28/c1-18(10-8-12-19(2)16-67-49-43(77-47-39(65)35(61)29(55)23(6)71-47)41(31(57)25(14-51)73-49)75-45-37(63)33(59)27(53)21(4)69-45)11-9-13-20(3)17-68-50-44(78-48-40(66)36(62)30(56)24(7)72-48)42(32(58)26(15-52)74-50)76-46-38(64)34(60)28(54)22(5)70-46/h10,16,20-66H,8-9,11-15,17H2,1-7H3. The van der Waals surface area contributed by atoms with Gasteiger partial charge >= 0.3 is 0 Å². The molecule has 0 saturated carbocycles. The number of ether oxygens (including phenoxy) is 12. The van der Waals surface area contributed by atoms with E-state index in [1.807, 2.05) is 19.9 Å². The van der Waals surface area contributed by atoms with Crippen molar-refractivity contribution in [2.24, 2.45) is 5.92 Å². The highest BCUT2D eigenvalue weighted by Crippen LogP contribution is 2.37. The van der Waals surface area contributed by atoms with Crippen LogP contribution in [0.15, 0.2) is 23.5 Å². The third kappa shape index (κ3) is 15.5. The number of allylic oxidation sites excluding steroid dienone is 3. The molecule has 0 amide bonds. The van der Waals surface area contributed by atoms with Crippen LogP contribution in [0.3, 0.4) is 0 Å². The van der Waals surface area contributed by atoms with Crippen LogP contribution in [0.2, 0.25) is 0 Å². The molecule has 28 nitrogen and oxygen atoms in total. The van der Waals surface area contributed by atoms with Crippen LogP contribution < -0.4 is 0 Å². The van der Waals surface area contributed by atoms with Crippen molar-refractivity contribution in [3.05, 3.63) is 23.5 Å². The molecule has 6 aliphatic heterocycles. The summed E-state index contributed by atoms with van der Waals surface area (Å²) >= 11 is 0. The molecule has 0 bridgehead atoms. The maximum absolute atomic E-state index is 11.4. The van der Waals surface area contributed by atoms with Gasteiger partial charge in [-0.3, -0.25) is 0 Å². The van der Waals surface area contributed by atoms with E-state index in [1.165, 1.54) is 34.0 Å². The fourth-order valence-electron chi connectivity index (χ4n) is 10.0. The quantitative estimate of drug-likeness (QED) is 0.0355. The van der Waals surface area contributed by atoms with Gasteiger partial charge in [-0.1, -0.05) is 18.6 Å². The molecule has 0 radical (unpaired) electrons. The third-order valence-electron chi connectivity index (χ3n) is 15.2. The van der Waals surface area contributed by atoms with Crippen molar-refractivity contribution in [1.29, 1.82) is 0 Å². The van der Waals surface area contributed by atoms with Gasteiger partial charge in [-0.05, 0) is 85.1 Å². The Morgan fingerprint density at radius 1 is 0.423 bits per heavy atom. The zero-order chi connectivity index (χ0) is 57.6. The Hall–Kier alpha value is -1.80. The molecule has 6 rings (SSSR count). The van der Waals surface area contributed by atoms with Crippen LogP contribution in [0.5, 0.6) is 0 Å². The average Bonchev–Trinajstić information content (AvgIpc) is 3.46. The Labute approximate surface area is 451 Å². The van der Waals surface area contributed by atoms with E-state index in [9.17, 15) is 81.7 Å². The molecule has 0 spiro atoms. The third-order valence-corrected chi connectivity index (χ3v) is 15.2. The summed E-state index contributed by atoms with van der Waals surface area (Å²) in [6, 6.07) is 0. The largest absolute Gasteiger partial charge is 0.470 e. The summed E-state index contributed by atoms with van der Waals surface area (Å²) in [5, 5.41) is 170. The second-order valence-corrected chi connectivity index (χ2v) is 21.6. The fraction of sp³-hybridized carbons (Fsp3) is 0.920. The van der Waals surface area contributed by atoms with Gasteiger partial charge < -0.3 is 139 Å².